The summed E-state index contributed by atoms with van der Waals surface area (Å²) in [4.78, 5) is 10.6. The van der Waals surface area contributed by atoms with E-state index in [2.05, 4.69) is 6.92 Å². The molecule has 0 fully saturated rings. The van der Waals surface area contributed by atoms with E-state index in [0.29, 0.717) is 11.3 Å². The summed E-state index contributed by atoms with van der Waals surface area (Å²) >= 11 is 0. The molecule has 0 heterocycles. The van der Waals surface area contributed by atoms with Crippen molar-refractivity contribution >= 4 is 5.97 Å². The first-order valence-electron chi connectivity index (χ1n) is 9.27. The lowest BCUT2D eigenvalue weighted by molar-refractivity contribution is 0.0697. The minimum absolute atomic E-state index is 0.328. The average Bonchev–Trinajstić information content (AvgIpc) is 2.70. The molecule has 2 N–H and O–H groups in total. The first-order valence-corrected chi connectivity index (χ1v) is 9.27. The second-order valence-electron chi connectivity index (χ2n) is 6.34. The number of benzene rings is 3. The quantitative estimate of drug-likeness (QED) is 0.515. The first-order chi connectivity index (χ1) is 13.1. The molecule has 27 heavy (non-hydrogen) atoms. The number of phenols is 1. The molecule has 3 heteroatoms. The van der Waals surface area contributed by atoms with Gasteiger partial charge in [-0.3, -0.25) is 0 Å². The zero-order chi connectivity index (χ0) is 19.5. The van der Waals surface area contributed by atoms with Gasteiger partial charge in [-0.05, 0) is 42.2 Å². The van der Waals surface area contributed by atoms with E-state index < -0.39 is 5.97 Å². The van der Waals surface area contributed by atoms with E-state index >= 15 is 0 Å². The van der Waals surface area contributed by atoms with Crippen LogP contribution >= 0.6 is 0 Å². The van der Waals surface area contributed by atoms with Crippen LogP contribution in [0, 0.1) is 0 Å². The highest BCUT2D eigenvalue weighted by molar-refractivity contribution is 5.87. The Morgan fingerprint density at radius 3 is 2.04 bits per heavy atom. The maximum Gasteiger partial charge on any atom is 0.335 e. The standard InChI is InChI=1S/C12H16O2.C12H10O/c1-2-3-4-5-10-6-8-11(9-7-10)12(13)14;13-12-9-5-4-8-11(12)10-6-2-1-3-7-10/h6-9H,2-5H2,1H3,(H,13,14);1-9,13H. The molecule has 0 bridgehead atoms. The Labute approximate surface area is 160 Å². The predicted molar refractivity (Wildman–Crippen MR) is 110 cm³/mol. The monoisotopic (exact) mass is 362 g/mol. The molecule has 0 saturated heterocycles. The van der Waals surface area contributed by atoms with Gasteiger partial charge in [-0.25, -0.2) is 4.79 Å². The number of aromatic hydroxyl groups is 1. The van der Waals surface area contributed by atoms with Crippen molar-refractivity contribution in [1.29, 1.82) is 0 Å². The summed E-state index contributed by atoms with van der Waals surface area (Å²) < 4.78 is 0. The Balaban J connectivity index is 0.000000194. The summed E-state index contributed by atoms with van der Waals surface area (Å²) in [7, 11) is 0. The lowest BCUT2D eigenvalue weighted by Gasteiger charge is -2.02. The molecule has 0 unspecified atom stereocenters. The molecule has 0 atom stereocenters. The number of phenolic OH excluding ortho intramolecular Hbond substituents is 1. The number of carboxylic acids is 1. The van der Waals surface area contributed by atoms with Crippen molar-refractivity contribution in [2.45, 2.75) is 32.6 Å². The number of carbonyl (C=O) groups is 1. The molecule has 0 radical (unpaired) electrons. The summed E-state index contributed by atoms with van der Waals surface area (Å²) in [5.41, 5.74) is 3.51. The van der Waals surface area contributed by atoms with Crippen molar-refractivity contribution in [2.24, 2.45) is 0 Å². The number of hydrogen-bond acceptors (Lipinski definition) is 2. The Morgan fingerprint density at radius 1 is 0.815 bits per heavy atom. The van der Waals surface area contributed by atoms with Crippen LogP contribution in [-0.4, -0.2) is 16.2 Å². The Morgan fingerprint density at radius 2 is 1.44 bits per heavy atom. The molecule has 0 aliphatic heterocycles. The molecule has 3 rings (SSSR count). The highest BCUT2D eigenvalue weighted by Gasteiger charge is 2.01. The van der Waals surface area contributed by atoms with Crippen molar-refractivity contribution in [3.63, 3.8) is 0 Å². The van der Waals surface area contributed by atoms with Gasteiger partial charge in [0.25, 0.3) is 0 Å². The molecular formula is C24H26O3. The molecule has 3 aromatic carbocycles. The number of aromatic carboxylic acids is 1. The van der Waals surface area contributed by atoms with Crippen molar-refractivity contribution in [1.82, 2.24) is 0 Å². The van der Waals surface area contributed by atoms with Crippen LogP contribution in [0.5, 0.6) is 5.75 Å². The van der Waals surface area contributed by atoms with Crippen LogP contribution in [0.2, 0.25) is 0 Å². The number of carboxylic acid groups (broad SMARTS) is 1. The zero-order valence-electron chi connectivity index (χ0n) is 15.6. The molecule has 0 spiro atoms. The van der Waals surface area contributed by atoms with E-state index in [0.717, 1.165) is 17.5 Å². The van der Waals surface area contributed by atoms with Crippen LogP contribution in [0.3, 0.4) is 0 Å². The van der Waals surface area contributed by atoms with Crippen LogP contribution < -0.4 is 0 Å². The van der Waals surface area contributed by atoms with E-state index in [4.69, 9.17) is 5.11 Å². The van der Waals surface area contributed by atoms with Crippen LogP contribution in [0.4, 0.5) is 0 Å². The average molecular weight is 362 g/mol. The molecule has 0 saturated carbocycles. The third-order valence-electron chi connectivity index (χ3n) is 4.26. The minimum atomic E-state index is -0.856. The summed E-state index contributed by atoms with van der Waals surface area (Å²) in [5, 5.41) is 18.3. The summed E-state index contributed by atoms with van der Waals surface area (Å²) in [6.45, 7) is 2.17. The molecule has 3 nitrogen and oxygen atoms in total. The van der Waals surface area contributed by atoms with Crippen molar-refractivity contribution in [2.75, 3.05) is 0 Å². The second-order valence-corrected chi connectivity index (χ2v) is 6.34. The van der Waals surface area contributed by atoms with Gasteiger partial charge in [0.2, 0.25) is 0 Å². The van der Waals surface area contributed by atoms with E-state index in [1.807, 2.05) is 60.7 Å². The Hall–Kier alpha value is -3.07. The van der Waals surface area contributed by atoms with Gasteiger partial charge in [0.05, 0.1) is 5.56 Å². The SMILES string of the molecule is CCCCCc1ccc(C(=O)O)cc1.Oc1ccccc1-c1ccccc1. The van der Waals surface area contributed by atoms with Crippen molar-refractivity contribution < 1.29 is 15.0 Å². The highest BCUT2D eigenvalue weighted by Crippen LogP contribution is 2.27. The molecule has 0 aromatic heterocycles. The third kappa shape index (κ3) is 6.63. The molecule has 140 valence electrons. The van der Waals surface area contributed by atoms with Crippen molar-refractivity contribution in [3.8, 4) is 16.9 Å². The van der Waals surface area contributed by atoms with Gasteiger partial charge in [-0.1, -0.05) is 80.4 Å². The number of rotatable bonds is 6. The fourth-order valence-corrected chi connectivity index (χ4v) is 2.73. The van der Waals surface area contributed by atoms with Crippen molar-refractivity contribution in [3.05, 3.63) is 90.0 Å². The van der Waals surface area contributed by atoms with E-state index in [-0.39, 0.29) is 0 Å². The molecule has 3 aromatic rings. The molecular weight excluding hydrogens is 336 g/mol. The molecule has 0 aliphatic carbocycles. The second kappa shape index (κ2) is 10.8. The topological polar surface area (TPSA) is 57.5 Å². The number of para-hydroxylation sites is 1. The molecule has 0 amide bonds. The van der Waals surface area contributed by atoms with Gasteiger partial charge < -0.3 is 10.2 Å². The largest absolute Gasteiger partial charge is 0.507 e. The van der Waals surface area contributed by atoms with Gasteiger partial charge in [0, 0.05) is 5.56 Å². The van der Waals surface area contributed by atoms with E-state index in [9.17, 15) is 9.90 Å². The Kier molecular flexibility index (Phi) is 8.11. The molecule has 0 aliphatic rings. The van der Waals surface area contributed by atoms with Crippen LogP contribution in [0.25, 0.3) is 11.1 Å². The van der Waals surface area contributed by atoms with Crippen LogP contribution in [0.15, 0.2) is 78.9 Å². The minimum Gasteiger partial charge on any atom is -0.507 e. The van der Waals surface area contributed by atoms with E-state index in [1.165, 1.54) is 24.8 Å². The van der Waals surface area contributed by atoms with Crippen LogP contribution in [0.1, 0.15) is 42.1 Å². The van der Waals surface area contributed by atoms with Gasteiger partial charge in [0.1, 0.15) is 5.75 Å². The maximum absolute atomic E-state index is 10.6. The van der Waals surface area contributed by atoms with Gasteiger partial charge >= 0.3 is 5.97 Å². The predicted octanol–water partition coefficient (Wildman–Crippen LogP) is 6.18. The smallest absolute Gasteiger partial charge is 0.335 e. The van der Waals surface area contributed by atoms with Gasteiger partial charge in [-0.15, -0.1) is 0 Å². The Bertz CT molecular complexity index is 824. The number of hydrogen-bond donors (Lipinski definition) is 2. The summed E-state index contributed by atoms with van der Waals surface area (Å²) in [6, 6.07) is 24.3. The fraction of sp³-hybridized carbons (Fsp3) is 0.208. The van der Waals surface area contributed by atoms with Gasteiger partial charge in [0.15, 0.2) is 0 Å². The fourth-order valence-electron chi connectivity index (χ4n) is 2.73. The maximum atomic E-state index is 10.6. The third-order valence-corrected chi connectivity index (χ3v) is 4.26. The lowest BCUT2D eigenvalue weighted by Crippen LogP contribution is -1.96. The zero-order valence-corrected chi connectivity index (χ0v) is 15.6. The highest BCUT2D eigenvalue weighted by atomic mass is 16.4. The summed E-state index contributed by atoms with van der Waals surface area (Å²) in [5.74, 6) is -0.529. The van der Waals surface area contributed by atoms with Gasteiger partial charge in [-0.2, -0.15) is 0 Å². The first kappa shape index (κ1) is 20.2. The number of unbranched alkanes of at least 4 members (excludes halogenated alkanes) is 2. The summed E-state index contributed by atoms with van der Waals surface area (Å²) in [6.07, 6.45) is 4.69. The van der Waals surface area contributed by atoms with Crippen LogP contribution in [-0.2, 0) is 6.42 Å². The van der Waals surface area contributed by atoms with E-state index in [1.54, 1.807) is 18.2 Å². The normalized spacial score (nSPS) is 9.96. The number of aryl methyl sites for hydroxylation is 1. The lowest BCUT2D eigenvalue weighted by atomic mass is 10.1.